The van der Waals surface area contributed by atoms with Crippen LogP contribution in [0.2, 0.25) is 0 Å². The van der Waals surface area contributed by atoms with Gasteiger partial charge in [0, 0.05) is 19.0 Å². The van der Waals surface area contributed by atoms with E-state index in [9.17, 15) is 22.4 Å². The van der Waals surface area contributed by atoms with Crippen molar-refractivity contribution < 1.29 is 22.4 Å². The highest BCUT2D eigenvalue weighted by Crippen LogP contribution is 2.27. The van der Waals surface area contributed by atoms with E-state index in [0.29, 0.717) is 11.3 Å². The number of amides is 2. The highest BCUT2D eigenvalue weighted by Gasteiger charge is 2.35. The maximum absolute atomic E-state index is 14.4. The molecule has 0 aliphatic rings. The van der Waals surface area contributed by atoms with E-state index in [1.165, 1.54) is 29.2 Å². The number of hydrogen-bond acceptors (Lipinski definition) is 4. The second-order valence-corrected chi connectivity index (χ2v) is 13.0. The van der Waals surface area contributed by atoms with Crippen LogP contribution in [0.1, 0.15) is 36.1 Å². The van der Waals surface area contributed by atoms with Gasteiger partial charge in [-0.1, -0.05) is 66.7 Å². The Balaban J connectivity index is 1.82. The Morgan fingerprint density at radius 3 is 1.93 bits per heavy atom. The number of benzene rings is 4. The predicted octanol–water partition coefficient (Wildman–Crippen LogP) is 5.80. The van der Waals surface area contributed by atoms with Crippen molar-refractivity contribution in [1.29, 1.82) is 0 Å². The summed E-state index contributed by atoms with van der Waals surface area (Å²) in [6.45, 7) is 6.79. The summed E-state index contributed by atoms with van der Waals surface area (Å²) in [5.41, 5.74) is 3.44. The van der Waals surface area contributed by atoms with Crippen LogP contribution in [0, 0.1) is 19.7 Å². The second-order valence-electron chi connectivity index (χ2n) is 11.2. The highest BCUT2D eigenvalue weighted by molar-refractivity contribution is 7.92. The Hall–Kier alpha value is -4.50. The van der Waals surface area contributed by atoms with Gasteiger partial charge in [0.05, 0.1) is 10.6 Å². The van der Waals surface area contributed by atoms with Crippen LogP contribution < -0.4 is 9.62 Å². The summed E-state index contributed by atoms with van der Waals surface area (Å²) in [6, 6.07) is 27.1. The predicted molar refractivity (Wildman–Crippen MR) is 171 cm³/mol. The molecule has 0 aromatic heterocycles. The van der Waals surface area contributed by atoms with Gasteiger partial charge < -0.3 is 10.2 Å². The van der Waals surface area contributed by atoms with E-state index in [1.807, 2.05) is 64.1 Å². The van der Waals surface area contributed by atoms with Crippen LogP contribution in [0.4, 0.5) is 10.1 Å². The molecule has 0 heterocycles. The molecule has 0 saturated heterocycles. The third-order valence-corrected chi connectivity index (χ3v) is 8.86. The second kappa shape index (κ2) is 14.3. The zero-order chi connectivity index (χ0) is 31.9. The molecule has 0 fully saturated rings. The number of aryl methyl sites for hydroxylation is 2. The van der Waals surface area contributed by atoms with Crippen LogP contribution in [-0.4, -0.2) is 43.8 Å². The molecule has 1 atom stereocenters. The smallest absolute Gasteiger partial charge is 0.264 e. The molecule has 0 radical (unpaired) electrons. The van der Waals surface area contributed by atoms with E-state index >= 15 is 0 Å². The lowest BCUT2D eigenvalue weighted by Crippen LogP contribution is -2.54. The summed E-state index contributed by atoms with van der Waals surface area (Å²) in [5.74, 6) is -1.38. The van der Waals surface area contributed by atoms with Crippen molar-refractivity contribution in [3.05, 3.63) is 131 Å². The lowest BCUT2D eigenvalue weighted by atomic mass is 10.0. The molecule has 4 aromatic carbocycles. The van der Waals surface area contributed by atoms with Crippen molar-refractivity contribution in [2.24, 2.45) is 0 Å². The first-order chi connectivity index (χ1) is 20.9. The fourth-order valence-electron chi connectivity index (χ4n) is 5.06. The molecule has 230 valence electrons. The van der Waals surface area contributed by atoms with Crippen molar-refractivity contribution in [3.8, 4) is 0 Å². The van der Waals surface area contributed by atoms with E-state index in [4.69, 9.17) is 0 Å². The van der Waals surface area contributed by atoms with Gasteiger partial charge in [0.25, 0.3) is 10.0 Å². The molecule has 0 aliphatic carbocycles. The zero-order valence-electron chi connectivity index (χ0n) is 25.4. The molecule has 0 saturated carbocycles. The minimum atomic E-state index is -4.18. The van der Waals surface area contributed by atoms with Crippen LogP contribution in [0.5, 0.6) is 0 Å². The summed E-state index contributed by atoms with van der Waals surface area (Å²) in [6.07, 6.45) is 0.196. The van der Waals surface area contributed by atoms with Crippen molar-refractivity contribution >= 4 is 27.5 Å². The van der Waals surface area contributed by atoms with Crippen molar-refractivity contribution in [2.45, 2.75) is 57.6 Å². The van der Waals surface area contributed by atoms with E-state index in [0.717, 1.165) is 21.0 Å². The monoisotopic (exact) mass is 615 g/mol. The van der Waals surface area contributed by atoms with Crippen molar-refractivity contribution in [1.82, 2.24) is 10.2 Å². The molecule has 0 unspecified atom stereocenters. The summed E-state index contributed by atoms with van der Waals surface area (Å²) < 4.78 is 43.1. The van der Waals surface area contributed by atoms with Gasteiger partial charge in [0.15, 0.2) is 0 Å². The molecule has 0 spiro atoms. The summed E-state index contributed by atoms with van der Waals surface area (Å²) in [5, 5.41) is 2.92. The molecular weight excluding hydrogens is 577 g/mol. The topological polar surface area (TPSA) is 86.8 Å². The van der Waals surface area contributed by atoms with E-state index in [1.54, 1.807) is 42.5 Å². The first-order valence-electron chi connectivity index (χ1n) is 14.5. The van der Waals surface area contributed by atoms with Crippen LogP contribution in [0.3, 0.4) is 0 Å². The van der Waals surface area contributed by atoms with Crippen LogP contribution >= 0.6 is 0 Å². The van der Waals surface area contributed by atoms with Gasteiger partial charge in [-0.15, -0.1) is 0 Å². The van der Waals surface area contributed by atoms with Crippen molar-refractivity contribution in [3.63, 3.8) is 0 Å². The molecule has 44 heavy (non-hydrogen) atoms. The SMILES string of the molecule is Cc1cc(C)cc(N(CC(=O)N(Cc2ccc(F)cc2)[C@@H](Cc2ccccc2)C(=O)NC(C)C)S(=O)(=O)c2ccccc2)c1. The van der Waals surface area contributed by atoms with Gasteiger partial charge >= 0.3 is 0 Å². The average Bonchev–Trinajstić information content (AvgIpc) is 2.98. The maximum Gasteiger partial charge on any atom is 0.264 e. The Morgan fingerprint density at radius 1 is 0.795 bits per heavy atom. The molecule has 0 aliphatic heterocycles. The number of rotatable bonds is 12. The quantitative estimate of drug-likeness (QED) is 0.218. The number of halogens is 1. The molecule has 0 bridgehead atoms. The van der Waals surface area contributed by atoms with Gasteiger partial charge in [-0.3, -0.25) is 13.9 Å². The lowest BCUT2D eigenvalue weighted by molar-refractivity contribution is -0.140. The third-order valence-electron chi connectivity index (χ3n) is 7.07. The number of nitrogens with one attached hydrogen (secondary N) is 1. The zero-order valence-corrected chi connectivity index (χ0v) is 26.2. The first kappa shape index (κ1) is 32.4. The minimum absolute atomic E-state index is 0.0335. The molecule has 1 N–H and O–H groups in total. The normalized spacial score (nSPS) is 12.0. The van der Waals surface area contributed by atoms with E-state index < -0.39 is 34.3 Å². The molecule has 4 rings (SSSR count). The molecule has 4 aromatic rings. The number of carbonyl (C=O) groups is 2. The first-order valence-corrected chi connectivity index (χ1v) is 15.9. The van der Waals surface area contributed by atoms with Gasteiger partial charge in [-0.2, -0.15) is 0 Å². The van der Waals surface area contributed by atoms with E-state index in [2.05, 4.69) is 5.32 Å². The lowest BCUT2D eigenvalue weighted by Gasteiger charge is -2.34. The Morgan fingerprint density at radius 2 is 1.36 bits per heavy atom. The fraction of sp³-hybridized carbons (Fsp3) is 0.257. The van der Waals surface area contributed by atoms with Gasteiger partial charge in [0.2, 0.25) is 11.8 Å². The maximum atomic E-state index is 14.4. The van der Waals surface area contributed by atoms with Gasteiger partial charge in [0.1, 0.15) is 18.4 Å². The molecular formula is C35H38FN3O4S. The molecule has 9 heteroatoms. The number of nitrogens with zero attached hydrogens (tertiary/aromatic N) is 2. The molecule has 2 amide bonds. The Bertz CT molecular complexity index is 1660. The number of anilines is 1. The highest BCUT2D eigenvalue weighted by atomic mass is 32.2. The summed E-state index contributed by atoms with van der Waals surface area (Å²) in [4.78, 5) is 29.6. The summed E-state index contributed by atoms with van der Waals surface area (Å²) >= 11 is 0. The Kier molecular flexibility index (Phi) is 10.5. The number of hydrogen-bond donors (Lipinski definition) is 1. The van der Waals surface area contributed by atoms with Crippen molar-refractivity contribution in [2.75, 3.05) is 10.8 Å². The molecule has 7 nitrogen and oxygen atoms in total. The number of carbonyl (C=O) groups excluding carboxylic acids is 2. The third kappa shape index (κ3) is 8.32. The fourth-order valence-corrected chi connectivity index (χ4v) is 6.48. The van der Waals surface area contributed by atoms with Gasteiger partial charge in [-0.25, -0.2) is 12.8 Å². The largest absolute Gasteiger partial charge is 0.352 e. The summed E-state index contributed by atoms with van der Waals surface area (Å²) in [7, 11) is -4.18. The van der Waals surface area contributed by atoms with E-state index in [-0.39, 0.29) is 29.8 Å². The van der Waals surface area contributed by atoms with Crippen LogP contribution in [-0.2, 0) is 32.6 Å². The van der Waals surface area contributed by atoms with Gasteiger partial charge in [-0.05, 0) is 86.3 Å². The average molecular weight is 616 g/mol. The van der Waals surface area contributed by atoms with Crippen LogP contribution in [0.15, 0.2) is 108 Å². The Labute approximate surface area is 259 Å². The van der Waals surface area contributed by atoms with Crippen LogP contribution in [0.25, 0.3) is 0 Å². The standard InChI is InChI=1S/C35H38FN3O4S/c1-25(2)37-35(41)33(22-28-11-7-5-8-12-28)38(23-29-15-17-30(36)18-16-29)34(40)24-39(31-20-26(3)19-27(4)21-31)44(42,43)32-13-9-6-10-14-32/h5-21,25,33H,22-24H2,1-4H3,(H,37,41)/t33-/m0/s1. The number of sulfonamides is 1. The minimum Gasteiger partial charge on any atom is -0.352 e.